The maximum absolute atomic E-state index is 13.6. The summed E-state index contributed by atoms with van der Waals surface area (Å²) in [4.78, 5) is 12.7. The summed E-state index contributed by atoms with van der Waals surface area (Å²) in [6.07, 6.45) is -3.54. The Bertz CT molecular complexity index is 774. The Kier molecular flexibility index (Phi) is 7.81. The second-order valence-corrected chi connectivity index (χ2v) is 7.80. The molecule has 0 spiro atoms. The van der Waals surface area contributed by atoms with E-state index in [1.54, 1.807) is 0 Å². The first kappa shape index (κ1) is 23.8. The van der Waals surface area contributed by atoms with Crippen LogP contribution in [0.2, 0.25) is 10.0 Å². The highest BCUT2D eigenvalue weighted by molar-refractivity contribution is 6.35. The van der Waals surface area contributed by atoms with Crippen molar-refractivity contribution in [3.8, 4) is 5.75 Å². The fraction of sp³-hybridized carbons (Fsp3) is 0.579. The molecule has 10 heteroatoms. The zero-order chi connectivity index (χ0) is 21.8. The maximum Gasteiger partial charge on any atom is 0.438 e. The molecule has 1 amide bonds. The van der Waals surface area contributed by atoms with Crippen molar-refractivity contribution in [2.45, 2.75) is 70.4 Å². The summed E-state index contributed by atoms with van der Waals surface area (Å²) < 4.78 is 46.1. The van der Waals surface area contributed by atoms with Crippen molar-refractivity contribution in [1.82, 2.24) is 5.01 Å². The number of hydrogen-bond donors (Lipinski definition) is 1. The summed E-state index contributed by atoms with van der Waals surface area (Å²) in [7, 11) is 0. The molecule has 0 fully saturated rings. The number of amides is 1. The van der Waals surface area contributed by atoms with Crippen molar-refractivity contribution < 1.29 is 27.8 Å². The number of hydrazone groups is 1. The predicted molar refractivity (Wildman–Crippen MR) is 105 cm³/mol. The fourth-order valence-corrected chi connectivity index (χ4v) is 3.40. The zero-order valence-corrected chi connectivity index (χ0v) is 17.6. The van der Waals surface area contributed by atoms with E-state index in [4.69, 9.17) is 27.9 Å². The molecule has 0 unspecified atom stereocenters. The van der Waals surface area contributed by atoms with E-state index in [1.807, 2.05) is 6.92 Å². The maximum atomic E-state index is 13.6. The number of ether oxygens (including phenoxy) is 1. The molecule has 0 saturated carbocycles. The van der Waals surface area contributed by atoms with Gasteiger partial charge >= 0.3 is 6.18 Å². The van der Waals surface area contributed by atoms with Crippen LogP contribution < -0.4 is 4.74 Å². The standard InChI is InChI=1S/C19H23Cl2F3N2O3/c1-3-4-5-6-7-14-11-18(28,19(22,23)24)26(25-14)17(27)12(2)29-16-9-8-13(20)10-15(16)21/h8-10,12,28H,3-7,11H2,1-2H3/t12-,18+/m1/s1. The summed E-state index contributed by atoms with van der Waals surface area (Å²) in [5, 5.41) is 14.6. The first-order chi connectivity index (χ1) is 13.5. The van der Waals surface area contributed by atoms with Crippen molar-refractivity contribution in [1.29, 1.82) is 0 Å². The van der Waals surface area contributed by atoms with Gasteiger partial charge in [-0.3, -0.25) is 4.79 Å². The van der Waals surface area contributed by atoms with E-state index < -0.39 is 30.3 Å². The minimum absolute atomic E-state index is 0.0791. The number of unbranched alkanes of at least 4 members (excludes halogenated alkanes) is 3. The molecule has 0 radical (unpaired) electrons. The molecule has 0 saturated heterocycles. The summed E-state index contributed by atoms with van der Waals surface area (Å²) >= 11 is 11.8. The van der Waals surface area contributed by atoms with Crippen LogP contribution in [0.3, 0.4) is 0 Å². The second-order valence-electron chi connectivity index (χ2n) is 6.95. The van der Waals surface area contributed by atoms with Crippen molar-refractivity contribution >= 4 is 34.8 Å². The van der Waals surface area contributed by atoms with Gasteiger partial charge in [-0.15, -0.1) is 0 Å². The average molecular weight is 455 g/mol. The minimum Gasteiger partial charge on any atom is -0.479 e. The van der Waals surface area contributed by atoms with Gasteiger partial charge in [0.05, 0.1) is 5.02 Å². The first-order valence-corrected chi connectivity index (χ1v) is 10.1. The van der Waals surface area contributed by atoms with Crippen molar-refractivity contribution in [2.75, 3.05) is 0 Å². The zero-order valence-electron chi connectivity index (χ0n) is 16.1. The number of carbonyl (C=O) groups is 1. The van der Waals surface area contributed by atoms with Gasteiger partial charge in [0, 0.05) is 17.2 Å². The van der Waals surface area contributed by atoms with Crippen LogP contribution in [0.25, 0.3) is 0 Å². The van der Waals surface area contributed by atoms with Crippen LogP contribution in [-0.2, 0) is 4.79 Å². The molecular weight excluding hydrogens is 432 g/mol. The lowest BCUT2D eigenvalue weighted by atomic mass is 10.0. The van der Waals surface area contributed by atoms with E-state index in [0.717, 1.165) is 19.3 Å². The Morgan fingerprint density at radius 2 is 2.03 bits per heavy atom. The molecule has 162 valence electrons. The number of alkyl halides is 3. The van der Waals surface area contributed by atoms with Crippen LogP contribution in [-0.4, -0.2) is 39.7 Å². The molecule has 1 N–H and O–H groups in total. The minimum atomic E-state index is -5.07. The normalized spacial score (nSPS) is 20.6. The van der Waals surface area contributed by atoms with Crippen LogP contribution in [0.15, 0.2) is 23.3 Å². The van der Waals surface area contributed by atoms with Gasteiger partial charge in [0.25, 0.3) is 11.6 Å². The monoisotopic (exact) mass is 454 g/mol. The molecule has 1 aromatic carbocycles. The highest BCUT2D eigenvalue weighted by Gasteiger charge is 2.63. The quantitative estimate of drug-likeness (QED) is 0.522. The molecule has 5 nitrogen and oxygen atoms in total. The SMILES string of the molecule is CCCCCCC1=NN(C(=O)[C@@H](C)Oc2ccc(Cl)cc2Cl)[C@@](O)(C(F)(F)F)C1. The number of aliphatic hydroxyl groups is 1. The van der Waals surface area contributed by atoms with Crippen molar-refractivity contribution in [3.05, 3.63) is 28.2 Å². The Morgan fingerprint density at radius 3 is 2.62 bits per heavy atom. The summed E-state index contributed by atoms with van der Waals surface area (Å²) in [6.45, 7) is 3.28. The van der Waals surface area contributed by atoms with E-state index in [1.165, 1.54) is 25.1 Å². The van der Waals surface area contributed by atoms with E-state index >= 15 is 0 Å². The van der Waals surface area contributed by atoms with Crippen LogP contribution in [0.1, 0.15) is 52.4 Å². The summed E-state index contributed by atoms with van der Waals surface area (Å²) in [5.41, 5.74) is -3.27. The Morgan fingerprint density at radius 1 is 1.34 bits per heavy atom. The van der Waals surface area contributed by atoms with Gasteiger partial charge in [0.2, 0.25) is 0 Å². The topological polar surface area (TPSA) is 62.1 Å². The predicted octanol–water partition coefficient (Wildman–Crippen LogP) is 5.57. The number of nitrogens with zero attached hydrogens (tertiary/aromatic N) is 2. The third-order valence-corrected chi connectivity index (χ3v) is 5.10. The molecule has 2 rings (SSSR count). The summed E-state index contributed by atoms with van der Waals surface area (Å²) in [6, 6.07) is 4.25. The molecule has 2 atom stereocenters. The van der Waals surface area contributed by atoms with Gasteiger partial charge in [0.1, 0.15) is 5.75 Å². The molecule has 0 bridgehead atoms. The van der Waals surface area contributed by atoms with Gasteiger partial charge in [0.15, 0.2) is 6.10 Å². The third-order valence-electron chi connectivity index (χ3n) is 4.57. The van der Waals surface area contributed by atoms with E-state index in [0.29, 0.717) is 11.4 Å². The van der Waals surface area contributed by atoms with Crippen molar-refractivity contribution in [2.24, 2.45) is 5.10 Å². The molecule has 29 heavy (non-hydrogen) atoms. The number of carbonyl (C=O) groups excluding carboxylic acids is 1. The van der Waals surface area contributed by atoms with Crippen LogP contribution in [0, 0.1) is 0 Å². The molecule has 1 heterocycles. The van der Waals surface area contributed by atoms with Crippen molar-refractivity contribution in [3.63, 3.8) is 0 Å². The first-order valence-electron chi connectivity index (χ1n) is 9.31. The van der Waals surface area contributed by atoms with Crippen LogP contribution >= 0.6 is 23.2 Å². The van der Waals surface area contributed by atoms with Gasteiger partial charge in [-0.2, -0.15) is 23.3 Å². The number of benzene rings is 1. The van der Waals surface area contributed by atoms with Gasteiger partial charge < -0.3 is 9.84 Å². The number of rotatable bonds is 8. The van der Waals surface area contributed by atoms with Gasteiger partial charge in [-0.1, -0.05) is 49.4 Å². The molecule has 1 aromatic rings. The molecule has 0 aromatic heterocycles. The lowest BCUT2D eigenvalue weighted by molar-refractivity contribution is -0.303. The Hall–Kier alpha value is -1.51. The molecule has 1 aliphatic heterocycles. The van der Waals surface area contributed by atoms with E-state index in [-0.39, 0.29) is 27.9 Å². The third kappa shape index (κ3) is 5.55. The number of halogens is 5. The van der Waals surface area contributed by atoms with E-state index in [9.17, 15) is 23.1 Å². The second kappa shape index (κ2) is 9.53. The lowest BCUT2D eigenvalue weighted by Crippen LogP contribution is -2.58. The molecule has 0 aliphatic carbocycles. The average Bonchev–Trinajstić information content (AvgIpc) is 2.98. The highest BCUT2D eigenvalue weighted by Crippen LogP contribution is 2.41. The summed E-state index contributed by atoms with van der Waals surface area (Å²) in [5.74, 6) is -1.05. The molecular formula is C19H23Cl2F3N2O3. The van der Waals surface area contributed by atoms with Crippen LogP contribution in [0.4, 0.5) is 13.2 Å². The fourth-order valence-electron chi connectivity index (χ4n) is 2.95. The van der Waals surface area contributed by atoms with Gasteiger partial charge in [-0.25, -0.2) is 0 Å². The lowest BCUT2D eigenvalue weighted by Gasteiger charge is -2.33. The highest BCUT2D eigenvalue weighted by atomic mass is 35.5. The van der Waals surface area contributed by atoms with Crippen LogP contribution in [0.5, 0.6) is 5.75 Å². The largest absolute Gasteiger partial charge is 0.479 e. The van der Waals surface area contributed by atoms with Gasteiger partial charge in [-0.05, 0) is 38.0 Å². The number of hydrogen-bond acceptors (Lipinski definition) is 4. The molecule has 1 aliphatic rings. The van der Waals surface area contributed by atoms with E-state index in [2.05, 4.69) is 5.10 Å². The Labute approximate surface area is 177 Å². The Balaban J connectivity index is 2.19. The smallest absolute Gasteiger partial charge is 0.438 e.